The normalized spacial score (nSPS) is 21.2. The number of nitrogens with zero attached hydrogens (tertiary/aromatic N) is 15. The first-order chi connectivity index (χ1) is 56.5. The van der Waals surface area contributed by atoms with Crippen molar-refractivity contribution in [1.82, 2.24) is 58.3 Å². The van der Waals surface area contributed by atoms with Crippen LogP contribution in [0.3, 0.4) is 0 Å². The highest BCUT2D eigenvalue weighted by Gasteiger charge is 2.35. The molecule has 15 rings (SSSR count). The van der Waals surface area contributed by atoms with Crippen LogP contribution in [0.1, 0.15) is 279 Å². The van der Waals surface area contributed by atoms with Crippen molar-refractivity contribution in [3.8, 4) is 0 Å². The Bertz CT molecular complexity index is 4230. The van der Waals surface area contributed by atoms with Crippen LogP contribution in [0.5, 0.6) is 0 Å². The molecule has 3 aromatic carbocycles. The lowest BCUT2D eigenvalue weighted by Crippen LogP contribution is -2.37. The van der Waals surface area contributed by atoms with E-state index in [0.29, 0.717) is 71.8 Å². The van der Waals surface area contributed by atoms with Gasteiger partial charge in [-0.1, -0.05) is 40.0 Å². The summed E-state index contributed by atoms with van der Waals surface area (Å²) in [6.07, 6.45) is 35.2. The van der Waals surface area contributed by atoms with Crippen LogP contribution < -0.4 is 30.7 Å². The number of piperidine rings is 3. The van der Waals surface area contributed by atoms with Crippen LogP contribution in [0, 0.1) is 0 Å². The molecule has 24 heteroatoms. The fourth-order valence-electron chi connectivity index (χ4n) is 18.8. The van der Waals surface area contributed by atoms with Crippen LogP contribution in [0.4, 0.5) is 34.9 Å². The molecule has 3 saturated heterocycles. The van der Waals surface area contributed by atoms with Gasteiger partial charge in [0.1, 0.15) is 16.9 Å². The molecule has 3 aliphatic heterocycles. The van der Waals surface area contributed by atoms with Crippen molar-refractivity contribution in [2.45, 2.75) is 268 Å². The van der Waals surface area contributed by atoms with Crippen molar-refractivity contribution < 1.29 is 29.7 Å². The van der Waals surface area contributed by atoms with Gasteiger partial charge in [-0.15, -0.1) is 0 Å². The maximum Gasteiger partial charge on any atom is 0.253 e. The van der Waals surface area contributed by atoms with Crippen molar-refractivity contribution >= 4 is 85.7 Å². The quantitative estimate of drug-likeness (QED) is 0.0328. The number of hydrogen-bond donors (Lipinski definition) is 6. The number of fused-ring (bicyclic) bond motifs is 3. The number of aromatic nitrogens is 9. The highest BCUT2D eigenvalue weighted by atomic mass is 16.3. The van der Waals surface area contributed by atoms with Crippen molar-refractivity contribution in [3.05, 3.63) is 143 Å². The number of carbonyl (C=O) groups is 3. The van der Waals surface area contributed by atoms with Gasteiger partial charge in [0.15, 0.2) is 0 Å². The summed E-state index contributed by atoms with van der Waals surface area (Å²) in [7, 11) is 12.0. The summed E-state index contributed by atoms with van der Waals surface area (Å²) in [5.41, 5.74) is 12.4. The topological polar surface area (TPSA) is 260 Å². The van der Waals surface area contributed by atoms with E-state index in [-0.39, 0.29) is 36.0 Å². The van der Waals surface area contributed by atoms with Crippen molar-refractivity contribution in [2.75, 3.05) is 112 Å². The monoisotopic (exact) mass is 1600 g/mol. The van der Waals surface area contributed by atoms with Crippen LogP contribution in [-0.2, 0) is 0 Å². The molecule has 9 heterocycles. The molecule has 0 bridgehead atoms. The molecule has 0 radical (unpaired) electrons. The van der Waals surface area contributed by atoms with Crippen LogP contribution in [0.15, 0.2) is 110 Å². The zero-order valence-electron chi connectivity index (χ0n) is 71.8. The Morgan fingerprint density at radius 3 is 0.812 bits per heavy atom. The molecule has 630 valence electrons. The number of amides is 3. The lowest BCUT2D eigenvalue weighted by molar-refractivity contribution is 0.0705. The number of rotatable bonds is 24. The number of nitrogens with one attached hydrogen (secondary N) is 3. The number of likely N-dealkylation sites (tertiary alicyclic amines) is 3. The van der Waals surface area contributed by atoms with E-state index in [1.807, 2.05) is 163 Å². The predicted molar refractivity (Wildman–Crippen MR) is 473 cm³/mol. The Kier molecular flexibility index (Phi) is 28.8. The summed E-state index contributed by atoms with van der Waals surface area (Å²) >= 11 is 0. The molecule has 117 heavy (non-hydrogen) atoms. The summed E-state index contributed by atoms with van der Waals surface area (Å²) in [5.74, 6) is 3.49. The third kappa shape index (κ3) is 20.8. The van der Waals surface area contributed by atoms with Gasteiger partial charge in [-0.3, -0.25) is 14.4 Å². The van der Waals surface area contributed by atoms with E-state index in [4.69, 9.17) is 29.9 Å². The first-order valence-corrected chi connectivity index (χ1v) is 44.2. The van der Waals surface area contributed by atoms with E-state index in [9.17, 15) is 29.7 Å². The number of benzene rings is 3. The minimum Gasteiger partial charge on any atom is -0.393 e. The van der Waals surface area contributed by atoms with Gasteiger partial charge in [0.05, 0.1) is 18.3 Å². The number of aliphatic hydroxyl groups is 3. The van der Waals surface area contributed by atoms with Gasteiger partial charge in [-0.2, -0.15) is 15.0 Å². The summed E-state index contributed by atoms with van der Waals surface area (Å²) in [5, 5.41) is 44.1. The standard InChI is InChI=1S/3C31H44N6O2/c3*1-5-6-21(2)33-31-32-19-27-28(20-37(29(27)34-31)25-11-13-26(38)14-12-25)22-15-17-36(18-16-22)30(39)23-7-9-24(10-8-23)35(3)4/h3*7-10,19-22,25-26,38H,5-6,11-18H2,1-4H3,(H,32,33,34)/t3*21-,25?,26?/m000/s1. The smallest absolute Gasteiger partial charge is 0.253 e. The molecule has 9 aromatic rings. The van der Waals surface area contributed by atoms with Gasteiger partial charge in [0.2, 0.25) is 17.8 Å². The van der Waals surface area contributed by atoms with E-state index in [1.54, 1.807) is 0 Å². The highest BCUT2D eigenvalue weighted by molar-refractivity contribution is 5.96. The third-order valence-electron chi connectivity index (χ3n) is 25.8. The molecular formula is C93H132N18O6. The molecule has 24 nitrogen and oxygen atoms in total. The van der Waals surface area contributed by atoms with E-state index in [1.165, 1.54) is 16.7 Å². The summed E-state index contributed by atoms with van der Waals surface area (Å²) in [4.78, 5) is 80.9. The van der Waals surface area contributed by atoms with Gasteiger partial charge in [-0.05, 0) is 263 Å². The molecule has 0 unspecified atom stereocenters. The molecule has 6 fully saturated rings. The maximum atomic E-state index is 13.2. The second kappa shape index (κ2) is 39.5. The average molecular weight is 1600 g/mol. The largest absolute Gasteiger partial charge is 0.393 e. The molecule has 3 aliphatic carbocycles. The molecule has 0 spiro atoms. The van der Waals surface area contributed by atoms with Crippen LogP contribution in [0.2, 0.25) is 0 Å². The van der Waals surface area contributed by atoms with Gasteiger partial charge in [0, 0.05) is 205 Å². The molecule has 3 amide bonds. The summed E-state index contributed by atoms with van der Waals surface area (Å²) in [6.45, 7) is 17.6. The zero-order chi connectivity index (χ0) is 82.6. The Morgan fingerprint density at radius 1 is 0.368 bits per heavy atom. The minimum absolute atomic E-state index is 0.113. The second-order valence-corrected chi connectivity index (χ2v) is 35.2. The van der Waals surface area contributed by atoms with Gasteiger partial charge in [0.25, 0.3) is 17.7 Å². The van der Waals surface area contributed by atoms with E-state index >= 15 is 0 Å². The third-order valence-corrected chi connectivity index (χ3v) is 25.8. The van der Waals surface area contributed by atoms with Crippen LogP contribution in [-0.4, -0.2) is 209 Å². The Morgan fingerprint density at radius 2 is 0.598 bits per heavy atom. The van der Waals surface area contributed by atoms with Crippen molar-refractivity contribution in [1.29, 1.82) is 0 Å². The number of anilines is 6. The summed E-state index contributed by atoms with van der Waals surface area (Å²) in [6, 6.07) is 25.6. The zero-order valence-corrected chi connectivity index (χ0v) is 71.8. The molecule has 6 N–H and O–H groups in total. The Hall–Kier alpha value is -9.39. The van der Waals surface area contributed by atoms with Crippen molar-refractivity contribution in [3.63, 3.8) is 0 Å². The first kappa shape index (κ1) is 85.5. The number of aliphatic hydroxyl groups excluding tert-OH is 3. The van der Waals surface area contributed by atoms with Crippen LogP contribution >= 0.6 is 0 Å². The maximum absolute atomic E-state index is 13.2. The lowest BCUT2D eigenvalue weighted by atomic mass is 9.89. The van der Waals surface area contributed by atoms with Gasteiger partial charge < -0.3 is 74.4 Å². The Labute approximate surface area is 693 Å². The van der Waals surface area contributed by atoms with E-state index in [2.05, 4.69) is 89.8 Å². The van der Waals surface area contributed by atoms with Gasteiger partial charge in [-0.25, -0.2) is 15.0 Å². The van der Waals surface area contributed by atoms with Crippen LogP contribution in [0.25, 0.3) is 33.1 Å². The predicted octanol–water partition coefficient (Wildman–Crippen LogP) is 16.8. The molecular weight excluding hydrogens is 1470 g/mol. The first-order valence-electron chi connectivity index (χ1n) is 44.2. The lowest BCUT2D eigenvalue weighted by Gasteiger charge is -2.32. The second-order valence-electron chi connectivity index (χ2n) is 35.2. The molecule has 6 aromatic heterocycles. The van der Waals surface area contributed by atoms with Crippen molar-refractivity contribution in [2.24, 2.45) is 0 Å². The SMILES string of the molecule is CCC[C@H](C)Nc1ncc2c(C3CCN(C(=O)c4ccc(N(C)C)cc4)CC3)cn(C3CCC(O)CC3)c2n1.CCC[C@H](C)Nc1ncc2c(C3CCN(C(=O)c4ccc(N(C)C)cc4)CC3)cn(C3CCC(O)CC3)c2n1.CCC[C@H](C)Nc1ncc2c(C3CCN(C(=O)c4ccc(N(C)C)cc4)CC3)cn(C3CCC(O)CC3)c2n1. The fraction of sp³-hybridized carbons (Fsp3) is 0.581. The Balaban J connectivity index is 0.000000152. The number of carbonyl (C=O) groups excluding carboxylic acids is 3. The molecule has 3 atom stereocenters. The fourth-order valence-corrected chi connectivity index (χ4v) is 18.8. The average Bonchev–Trinajstić information content (AvgIpc) is 1.63. The highest BCUT2D eigenvalue weighted by Crippen LogP contribution is 2.43. The number of hydrogen-bond acceptors (Lipinski definition) is 18. The minimum atomic E-state index is -0.190. The van der Waals surface area contributed by atoms with Gasteiger partial charge >= 0.3 is 0 Å². The molecule has 6 aliphatic rings. The summed E-state index contributed by atoms with van der Waals surface area (Å²) < 4.78 is 7.08. The van der Waals surface area contributed by atoms with E-state index < -0.39 is 0 Å². The van der Waals surface area contributed by atoms with E-state index in [0.717, 1.165) is 260 Å². The molecule has 3 saturated carbocycles.